The lowest BCUT2D eigenvalue weighted by molar-refractivity contribution is 0.139. The number of nitrogens with one attached hydrogen (secondary N) is 1. The molecule has 0 spiro atoms. The van der Waals surface area contributed by atoms with E-state index in [0.29, 0.717) is 5.92 Å². The Balaban J connectivity index is 1.57. The SMILES string of the molecule is COCC1CCN(c2ncc(CNC3CC3)cc2C)CC1. The minimum absolute atomic E-state index is 0.716. The first-order chi connectivity index (χ1) is 10.3. The Morgan fingerprint density at radius 1 is 1.29 bits per heavy atom. The summed E-state index contributed by atoms with van der Waals surface area (Å²) in [6, 6.07) is 3.05. The standard InChI is InChI=1S/C17H27N3O/c1-13-9-15(10-18-16-3-4-16)11-19-17(13)20-7-5-14(6-8-20)12-21-2/h9,11,14,16,18H,3-8,10,12H2,1-2H3. The number of anilines is 1. The average molecular weight is 289 g/mol. The second-order valence-corrected chi connectivity index (χ2v) is 6.53. The maximum atomic E-state index is 5.27. The molecule has 1 saturated carbocycles. The van der Waals surface area contributed by atoms with E-state index in [1.165, 1.54) is 42.6 Å². The summed E-state index contributed by atoms with van der Waals surface area (Å²) in [5.41, 5.74) is 2.60. The van der Waals surface area contributed by atoms with E-state index in [-0.39, 0.29) is 0 Å². The van der Waals surface area contributed by atoms with Crippen molar-refractivity contribution in [2.75, 3.05) is 31.7 Å². The fourth-order valence-electron chi connectivity index (χ4n) is 3.15. The van der Waals surface area contributed by atoms with Crippen molar-refractivity contribution in [1.82, 2.24) is 10.3 Å². The summed E-state index contributed by atoms with van der Waals surface area (Å²) < 4.78 is 5.27. The number of hydrogen-bond acceptors (Lipinski definition) is 4. The molecular weight excluding hydrogens is 262 g/mol. The van der Waals surface area contributed by atoms with E-state index in [1.807, 2.05) is 6.20 Å². The molecular formula is C17H27N3O. The van der Waals surface area contributed by atoms with Crippen LogP contribution in [0.2, 0.25) is 0 Å². The fraction of sp³-hybridized carbons (Fsp3) is 0.706. The molecule has 2 fully saturated rings. The smallest absolute Gasteiger partial charge is 0.131 e. The van der Waals surface area contributed by atoms with Crippen molar-refractivity contribution in [3.05, 3.63) is 23.4 Å². The molecule has 0 unspecified atom stereocenters. The summed E-state index contributed by atoms with van der Waals surface area (Å²) in [5.74, 6) is 1.88. The molecule has 0 amide bonds. The van der Waals surface area contributed by atoms with Crippen LogP contribution in [0.15, 0.2) is 12.3 Å². The number of piperidine rings is 1. The van der Waals surface area contributed by atoms with Crippen LogP contribution in [0.5, 0.6) is 0 Å². The van der Waals surface area contributed by atoms with Gasteiger partial charge in [0.2, 0.25) is 0 Å². The van der Waals surface area contributed by atoms with Gasteiger partial charge < -0.3 is 15.0 Å². The van der Waals surface area contributed by atoms with Crippen LogP contribution in [0.1, 0.15) is 36.8 Å². The number of hydrogen-bond donors (Lipinski definition) is 1. The van der Waals surface area contributed by atoms with Gasteiger partial charge in [0, 0.05) is 45.6 Å². The summed E-state index contributed by atoms with van der Waals surface area (Å²) in [4.78, 5) is 7.16. The normalized spacial score (nSPS) is 20.0. The number of methoxy groups -OCH3 is 1. The van der Waals surface area contributed by atoms with E-state index < -0.39 is 0 Å². The van der Waals surface area contributed by atoms with Gasteiger partial charge in [0.1, 0.15) is 5.82 Å². The first kappa shape index (κ1) is 14.8. The van der Waals surface area contributed by atoms with E-state index in [0.717, 1.165) is 32.3 Å². The lowest BCUT2D eigenvalue weighted by Gasteiger charge is -2.33. The zero-order chi connectivity index (χ0) is 14.7. The molecule has 4 nitrogen and oxygen atoms in total. The number of ether oxygens (including phenoxy) is 1. The topological polar surface area (TPSA) is 37.4 Å². The van der Waals surface area contributed by atoms with Crippen molar-refractivity contribution >= 4 is 5.82 Å². The number of nitrogens with zero attached hydrogens (tertiary/aromatic N) is 2. The van der Waals surface area contributed by atoms with E-state index >= 15 is 0 Å². The Labute approximate surface area is 127 Å². The molecule has 1 aliphatic carbocycles. The number of pyridine rings is 1. The summed E-state index contributed by atoms with van der Waals surface area (Å²) in [5, 5.41) is 3.55. The number of aromatic nitrogens is 1. The molecule has 116 valence electrons. The maximum Gasteiger partial charge on any atom is 0.131 e. The van der Waals surface area contributed by atoms with Gasteiger partial charge in [-0.15, -0.1) is 0 Å². The van der Waals surface area contributed by atoms with Crippen LogP contribution >= 0.6 is 0 Å². The van der Waals surface area contributed by atoms with E-state index in [2.05, 4.69) is 23.2 Å². The molecule has 3 rings (SSSR count). The molecule has 1 aromatic heterocycles. The third-order valence-corrected chi connectivity index (χ3v) is 4.60. The van der Waals surface area contributed by atoms with Crippen LogP contribution < -0.4 is 10.2 Å². The highest BCUT2D eigenvalue weighted by Crippen LogP contribution is 2.25. The van der Waals surface area contributed by atoms with Gasteiger partial charge in [-0.1, -0.05) is 0 Å². The third kappa shape index (κ3) is 3.95. The minimum atomic E-state index is 0.716. The van der Waals surface area contributed by atoms with Gasteiger partial charge in [-0.05, 0) is 55.7 Å². The molecule has 0 aromatic carbocycles. The van der Waals surface area contributed by atoms with E-state index in [9.17, 15) is 0 Å². The Hall–Kier alpha value is -1.13. The monoisotopic (exact) mass is 289 g/mol. The predicted molar refractivity (Wildman–Crippen MR) is 85.6 cm³/mol. The van der Waals surface area contributed by atoms with Crippen LogP contribution in [-0.4, -0.2) is 37.8 Å². The van der Waals surface area contributed by atoms with Crippen molar-refractivity contribution in [2.24, 2.45) is 5.92 Å². The van der Waals surface area contributed by atoms with E-state index in [1.54, 1.807) is 7.11 Å². The van der Waals surface area contributed by atoms with Gasteiger partial charge in [0.25, 0.3) is 0 Å². The first-order valence-corrected chi connectivity index (χ1v) is 8.19. The molecule has 2 aliphatic rings. The highest BCUT2D eigenvalue weighted by Gasteiger charge is 2.22. The molecule has 1 aliphatic heterocycles. The van der Waals surface area contributed by atoms with Crippen LogP contribution in [0, 0.1) is 12.8 Å². The molecule has 1 saturated heterocycles. The first-order valence-electron chi connectivity index (χ1n) is 8.19. The molecule has 0 atom stereocenters. The quantitative estimate of drug-likeness (QED) is 0.873. The average Bonchev–Trinajstić information content (AvgIpc) is 3.31. The summed E-state index contributed by atoms with van der Waals surface area (Å²) in [7, 11) is 1.80. The zero-order valence-corrected chi connectivity index (χ0v) is 13.3. The maximum absolute atomic E-state index is 5.27. The van der Waals surface area contributed by atoms with Gasteiger partial charge in [-0.3, -0.25) is 0 Å². The Bertz CT molecular complexity index is 465. The molecule has 0 bridgehead atoms. The summed E-state index contributed by atoms with van der Waals surface area (Å²) >= 11 is 0. The lowest BCUT2D eigenvalue weighted by atomic mass is 9.97. The fourth-order valence-corrected chi connectivity index (χ4v) is 3.15. The molecule has 0 radical (unpaired) electrons. The van der Waals surface area contributed by atoms with Gasteiger partial charge in [0.05, 0.1) is 0 Å². The highest BCUT2D eigenvalue weighted by molar-refractivity contribution is 5.47. The van der Waals surface area contributed by atoms with Crippen molar-refractivity contribution in [3.63, 3.8) is 0 Å². The van der Waals surface area contributed by atoms with Gasteiger partial charge in [-0.25, -0.2) is 4.98 Å². The Kier molecular flexibility index (Phi) is 4.76. The zero-order valence-electron chi connectivity index (χ0n) is 13.3. The number of rotatable bonds is 6. The molecule has 2 heterocycles. The summed E-state index contributed by atoms with van der Waals surface area (Å²) in [6.45, 7) is 6.23. The Morgan fingerprint density at radius 3 is 2.67 bits per heavy atom. The Morgan fingerprint density at radius 2 is 2.05 bits per heavy atom. The second-order valence-electron chi connectivity index (χ2n) is 6.53. The van der Waals surface area contributed by atoms with Crippen LogP contribution in [-0.2, 0) is 11.3 Å². The lowest BCUT2D eigenvalue weighted by Crippen LogP contribution is -2.36. The van der Waals surface area contributed by atoms with Crippen LogP contribution in [0.25, 0.3) is 0 Å². The number of aryl methyl sites for hydroxylation is 1. The summed E-state index contributed by atoms with van der Waals surface area (Å²) in [6.07, 6.45) is 7.13. The minimum Gasteiger partial charge on any atom is -0.384 e. The predicted octanol–water partition coefficient (Wildman–Crippen LogP) is 2.50. The van der Waals surface area contributed by atoms with Gasteiger partial charge >= 0.3 is 0 Å². The van der Waals surface area contributed by atoms with Crippen molar-refractivity contribution in [1.29, 1.82) is 0 Å². The second kappa shape index (κ2) is 6.75. The van der Waals surface area contributed by atoms with Crippen molar-refractivity contribution in [3.8, 4) is 0 Å². The largest absolute Gasteiger partial charge is 0.384 e. The van der Waals surface area contributed by atoms with Crippen molar-refractivity contribution in [2.45, 2.75) is 45.2 Å². The van der Waals surface area contributed by atoms with E-state index in [4.69, 9.17) is 9.72 Å². The highest BCUT2D eigenvalue weighted by atomic mass is 16.5. The molecule has 1 aromatic rings. The third-order valence-electron chi connectivity index (χ3n) is 4.60. The van der Waals surface area contributed by atoms with Crippen LogP contribution in [0.4, 0.5) is 5.82 Å². The molecule has 1 N–H and O–H groups in total. The van der Waals surface area contributed by atoms with Gasteiger partial charge in [0.15, 0.2) is 0 Å². The van der Waals surface area contributed by atoms with Crippen molar-refractivity contribution < 1.29 is 4.74 Å². The van der Waals surface area contributed by atoms with Crippen LogP contribution in [0.3, 0.4) is 0 Å². The van der Waals surface area contributed by atoms with Gasteiger partial charge in [-0.2, -0.15) is 0 Å². The molecule has 4 heteroatoms. The molecule has 21 heavy (non-hydrogen) atoms.